The molecule has 0 fully saturated rings. The van der Waals surface area contributed by atoms with Crippen LogP contribution in [0.3, 0.4) is 0 Å². The van der Waals surface area contributed by atoms with Crippen molar-refractivity contribution in [3.63, 3.8) is 0 Å². The molecule has 0 unspecified atom stereocenters. The van der Waals surface area contributed by atoms with Gasteiger partial charge in [0, 0.05) is 11.9 Å². The van der Waals surface area contributed by atoms with Crippen LogP contribution in [-0.2, 0) is 4.74 Å². The van der Waals surface area contributed by atoms with Crippen LogP contribution in [0.15, 0.2) is 36.8 Å². The summed E-state index contributed by atoms with van der Waals surface area (Å²) in [6.07, 6.45) is 3.23. The van der Waals surface area contributed by atoms with Crippen LogP contribution in [0.1, 0.15) is 24.3 Å². The summed E-state index contributed by atoms with van der Waals surface area (Å²) in [7, 11) is 0. The number of carbonyl (C=O) groups excluding carboxylic acids is 1. The van der Waals surface area contributed by atoms with Crippen LogP contribution in [0.25, 0.3) is 5.69 Å². The Balaban J connectivity index is 2.15. The SMILES string of the molecule is CCOC(=O)c1cn(-c2ccc(OCC)cc2)cn1. The van der Waals surface area contributed by atoms with Crippen LogP contribution in [0, 0.1) is 0 Å². The van der Waals surface area contributed by atoms with E-state index in [0.29, 0.717) is 18.9 Å². The first-order valence-electron chi connectivity index (χ1n) is 6.19. The lowest BCUT2D eigenvalue weighted by molar-refractivity contribution is 0.0520. The molecule has 100 valence electrons. The van der Waals surface area contributed by atoms with Crippen molar-refractivity contribution in [2.75, 3.05) is 13.2 Å². The molecule has 0 saturated heterocycles. The highest BCUT2D eigenvalue weighted by Crippen LogP contribution is 2.15. The van der Waals surface area contributed by atoms with E-state index in [4.69, 9.17) is 9.47 Å². The van der Waals surface area contributed by atoms with Gasteiger partial charge in [0.2, 0.25) is 0 Å². The lowest BCUT2D eigenvalue weighted by Crippen LogP contribution is -2.04. The normalized spacial score (nSPS) is 10.2. The molecule has 0 saturated carbocycles. The van der Waals surface area contributed by atoms with Crippen molar-refractivity contribution in [1.29, 1.82) is 0 Å². The molecule has 0 N–H and O–H groups in total. The van der Waals surface area contributed by atoms with Crippen molar-refractivity contribution in [2.24, 2.45) is 0 Å². The first-order valence-corrected chi connectivity index (χ1v) is 6.19. The summed E-state index contributed by atoms with van der Waals surface area (Å²) in [6, 6.07) is 7.56. The predicted molar refractivity (Wildman–Crippen MR) is 70.7 cm³/mol. The molecule has 0 aliphatic heterocycles. The third kappa shape index (κ3) is 3.13. The van der Waals surface area contributed by atoms with E-state index >= 15 is 0 Å². The van der Waals surface area contributed by atoms with Gasteiger partial charge < -0.3 is 14.0 Å². The summed E-state index contributed by atoms with van der Waals surface area (Å²) < 4.78 is 12.0. The fraction of sp³-hybridized carbons (Fsp3) is 0.286. The van der Waals surface area contributed by atoms with Crippen molar-refractivity contribution >= 4 is 5.97 Å². The maximum absolute atomic E-state index is 11.5. The van der Waals surface area contributed by atoms with Crippen molar-refractivity contribution in [1.82, 2.24) is 9.55 Å². The fourth-order valence-electron chi connectivity index (χ4n) is 1.66. The van der Waals surface area contributed by atoms with E-state index in [2.05, 4.69) is 4.98 Å². The first-order chi connectivity index (χ1) is 9.24. The minimum Gasteiger partial charge on any atom is -0.494 e. The van der Waals surface area contributed by atoms with Crippen LogP contribution in [0.5, 0.6) is 5.75 Å². The summed E-state index contributed by atoms with van der Waals surface area (Å²) >= 11 is 0. The molecule has 0 aliphatic rings. The lowest BCUT2D eigenvalue weighted by atomic mass is 10.3. The second kappa shape index (κ2) is 6.04. The number of ether oxygens (including phenoxy) is 2. The van der Waals surface area contributed by atoms with Crippen LogP contribution in [0.4, 0.5) is 0 Å². The smallest absolute Gasteiger partial charge is 0.358 e. The highest BCUT2D eigenvalue weighted by Gasteiger charge is 2.10. The number of benzene rings is 1. The number of hydrogen-bond acceptors (Lipinski definition) is 4. The molecular formula is C14H16N2O3. The Kier molecular flexibility index (Phi) is 4.18. The zero-order chi connectivity index (χ0) is 13.7. The first kappa shape index (κ1) is 13.1. The highest BCUT2D eigenvalue weighted by molar-refractivity contribution is 5.87. The third-order valence-electron chi connectivity index (χ3n) is 2.51. The Bertz CT molecular complexity index is 546. The summed E-state index contributed by atoms with van der Waals surface area (Å²) in [5.74, 6) is 0.407. The minimum absolute atomic E-state index is 0.302. The number of nitrogens with zero attached hydrogens (tertiary/aromatic N) is 2. The van der Waals surface area contributed by atoms with Gasteiger partial charge in [-0.25, -0.2) is 9.78 Å². The second-order valence-corrected chi connectivity index (χ2v) is 3.81. The minimum atomic E-state index is -0.410. The molecule has 5 heteroatoms. The van der Waals surface area contributed by atoms with E-state index in [-0.39, 0.29) is 0 Å². The van der Waals surface area contributed by atoms with Gasteiger partial charge in [-0.1, -0.05) is 0 Å². The number of aromatic nitrogens is 2. The summed E-state index contributed by atoms with van der Waals surface area (Å²) in [4.78, 5) is 15.5. The van der Waals surface area contributed by atoms with Gasteiger partial charge >= 0.3 is 5.97 Å². The maximum atomic E-state index is 11.5. The molecule has 2 aromatic rings. The Morgan fingerprint density at radius 3 is 2.58 bits per heavy atom. The van der Waals surface area contributed by atoms with Gasteiger partial charge in [0.1, 0.15) is 12.1 Å². The number of carbonyl (C=O) groups is 1. The topological polar surface area (TPSA) is 53.4 Å². The summed E-state index contributed by atoms with van der Waals surface area (Å²) in [5, 5.41) is 0. The van der Waals surface area contributed by atoms with Gasteiger partial charge in [-0.2, -0.15) is 0 Å². The Morgan fingerprint density at radius 1 is 1.21 bits per heavy atom. The maximum Gasteiger partial charge on any atom is 0.358 e. The average molecular weight is 260 g/mol. The fourth-order valence-corrected chi connectivity index (χ4v) is 1.66. The quantitative estimate of drug-likeness (QED) is 0.775. The van der Waals surface area contributed by atoms with Crippen molar-refractivity contribution in [3.8, 4) is 11.4 Å². The highest BCUT2D eigenvalue weighted by atomic mass is 16.5. The van der Waals surface area contributed by atoms with Crippen LogP contribution < -0.4 is 4.74 Å². The lowest BCUT2D eigenvalue weighted by Gasteiger charge is -2.05. The molecule has 0 aliphatic carbocycles. The Hall–Kier alpha value is -2.30. The predicted octanol–water partition coefficient (Wildman–Crippen LogP) is 2.45. The van der Waals surface area contributed by atoms with E-state index in [1.807, 2.05) is 31.2 Å². The van der Waals surface area contributed by atoms with Crippen LogP contribution >= 0.6 is 0 Å². The van der Waals surface area contributed by atoms with Gasteiger partial charge in [-0.15, -0.1) is 0 Å². The third-order valence-corrected chi connectivity index (χ3v) is 2.51. The van der Waals surface area contributed by atoms with E-state index in [1.54, 1.807) is 24.0 Å². The molecule has 0 spiro atoms. The zero-order valence-electron chi connectivity index (χ0n) is 11.0. The molecule has 5 nitrogen and oxygen atoms in total. The molecular weight excluding hydrogens is 244 g/mol. The van der Waals surface area contributed by atoms with Gasteiger partial charge in [-0.05, 0) is 38.1 Å². The molecule has 0 bridgehead atoms. The van der Waals surface area contributed by atoms with Crippen molar-refractivity contribution in [3.05, 3.63) is 42.5 Å². The Labute approximate surface area is 111 Å². The largest absolute Gasteiger partial charge is 0.494 e. The van der Waals surface area contributed by atoms with E-state index in [9.17, 15) is 4.79 Å². The van der Waals surface area contributed by atoms with Gasteiger partial charge in [0.05, 0.1) is 13.2 Å². The van der Waals surface area contributed by atoms with Crippen molar-refractivity contribution in [2.45, 2.75) is 13.8 Å². The molecule has 1 aromatic carbocycles. The van der Waals surface area contributed by atoms with E-state index in [1.165, 1.54) is 0 Å². The number of imidazole rings is 1. The van der Waals surface area contributed by atoms with E-state index < -0.39 is 5.97 Å². The summed E-state index contributed by atoms with van der Waals surface area (Å²) in [5.41, 5.74) is 1.21. The molecule has 0 amide bonds. The standard InChI is InChI=1S/C14H16N2O3/c1-3-18-12-7-5-11(6-8-12)16-9-13(15-10-16)14(17)19-4-2/h5-10H,3-4H2,1-2H3. The molecule has 2 rings (SSSR count). The van der Waals surface area contributed by atoms with Gasteiger partial charge in [0.25, 0.3) is 0 Å². The van der Waals surface area contributed by atoms with Gasteiger partial charge in [0.15, 0.2) is 5.69 Å². The summed E-state index contributed by atoms with van der Waals surface area (Å²) in [6.45, 7) is 4.68. The number of esters is 1. The van der Waals surface area contributed by atoms with Crippen molar-refractivity contribution < 1.29 is 14.3 Å². The Morgan fingerprint density at radius 2 is 1.95 bits per heavy atom. The monoisotopic (exact) mass is 260 g/mol. The molecule has 1 heterocycles. The average Bonchev–Trinajstić information content (AvgIpc) is 2.90. The second-order valence-electron chi connectivity index (χ2n) is 3.81. The number of rotatable bonds is 5. The van der Waals surface area contributed by atoms with Gasteiger partial charge in [-0.3, -0.25) is 0 Å². The molecule has 0 atom stereocenters. The van der Waals surface area contributed by atoms with Crippen LogP contribution in [-0.4, -0.2) is 28.7 Å². The zero-order valence-corrected chi connectivity index (χ0v) is 11.0. The molecule has 19 heavy (non-hydrogen) atoms. The number of hydrogen-bond donors (Lipinski definition) is 0. The molecule has 1 aromatic heterocycles. The van der Waals surface area contributed by atoms with E-state index in [0.717, 1.165) is 11.4 Å². The van der Waals surface area contributed by atoms with Crippen LogP contribution in [0.2, 0.25) is 0 Å². The molecule has 0 radical (unpaired) electrons.